The van der Waals surface area contributed by atoms with Gasteiger partial charge >= 0.3 is 0 Å². The molecule has 1 nitrogen and oxygen atoms in total. The molecule has 9 heavy (non-hydrogen) atoms. The van der Waals surface area contributed by atoms with E-state index < -0.39 is 0 Å². The molecule has 1 atom stereocenters. The Bertz CT molecular complexity index is 187. The van der Waals surface area contributed by atoms with Crippen molar-refractivity contribution in [3.05, 3.63) is 23.3 Å². The molecule has 0 heterocycles. The Hall–Kier alpha value is -0.850. The van der Waals surface area contributed by atoms with Crippen LogP contribution in [0.2, 0.25) is 0 Å². The highest BCUT2D eigenvalue weighted by molar-refractivity contribution is 5.79. The van der Waals surface area contributed by atoms with Crippen molar-refractivity contribution in [2.45, 2.75) is 13.8 Å². The van der Waals surface area contributed by atoms with Gasteiger partial charge in [0.05, 0.1) is 0 Å². The molecule has 0 saturated heterocycles. The molecule has 1 heteroatoms. The van der Waals surface area contributed by atoms with Crippen LogP contribution in [0.3, 0.4) is 0 Å². The van der Waals surface area contributed by atoms with E-state index in [1.54, 1.807) is 0 Å². The molecule has 0 bridgehead atoms. The first kappa shape index (κ1) is 6.27. The lowest BCUT2D eigenvalue weighted by atomic mass is 10.1. The summed E-state index contributed by atoms with van der Waals surface area (Å²) in [4.78, 5) is 10.2. The van der Waals surface area contributed by atoms with E-state index in [9.17, 15) is 4.79 Å². The van der Waals surface area contributed by atoms with Crippen molar-refractivity contribution in [2.75, 3.05) is 0 Å². The highest BCUT2D eigenvalue weighted by Gasteiger charge is 2.08. The molecule has 0 aliphatic heterocycles. The van der Waals surface area contributed by atoms with Gasteiger partial charge in [0.2, 0.25) is 0 Å². The minimum Gasteiger partial charge on any atom is -0.298 e. The molecule has 48 valence electrons. The van der Waals surface area contributed by atoms with Gasteiger partial charge in [0.1, 0.15) is 6.29 Å². The van der Waals surface area contributed by atoms with Crippen LogP contribution in [-0.4, -0.2) is 6.29 Å². The molecule has 0 spiro atoms. The summed E-state index contributed by atoms with van der Waals surface area (Å²) in [7, 11) is 0. The molecular formula is C8H10O. The van der Waals surface area contributed by atoms with Crippen LogP contribution in [0.4, 0.5) is 0 Å². The third-order valence-corrected chi connectivity index (χ3v) is 1.69. The quantitative estimate of drug-likeness (QED) is 0.484. The van der Waals surface area contributed by atoms with Crippen molar-refractivity contribution in [1.29, 1.82) is 0 Å². The van der Waals surface area contributed by atoms with E-state index in [2.05, 4.69) is 6.92 Å². The number of carbonyl (C=O) groups is 1. The lowest BCUT2D eigenvalue weighted by Gasteiger charge is -1.96. The summed E-state index contributed by atoms with van der Waals surface area (Å²) in [6.07, 6.45) is 4.80. The van der Waals surface area contributed by atoms with Crippen LogP contribution < -0.4 is 0 Å². The molecular weight excluding hydrogens is 112 g/mol. The predicted molar refractivity (Wildman–Crippen MR) is 37.1 cm³/mol. The summed E-state index contributed by atoms with van der Waals surface area (Å²) in [5.74, 6) is 0.463. The normalized spacial score (nSPS) is 25.3. The lowest BCUT2D eigenvalue weighted by molar-refractivity contribution is -0.104. The summed E-state index contributed by atoms with van der Waals surface area (Å²) >= 11 is 0. The average molecular weight is 122 g/mol. The topological polar surface area (TPSA) is 17.1 Å². The fourth-order valence-electron chi connectivity index (χ4n) is 0.936. The third kappa shape index (κ3) is 1.10. The molecule has 0 radical (unpaired) electrons. The number of allylic oxidation sites excluding steroid dienone is 4. The second kappa shape index (κ2) is 2.18. The largest absolute Gasteiger partial charge is 0.298 e. The maximum Gasteiger partial charge on any atom is 0.149 e. The van der Waals surface area contributed by atoms with Crippen molar-refractivity contribution >= 4 is 6.29 Å². The maximum absolute atomic E-state index is 10.2. The molecule has 0 fully saturated rings. The van der Waals surface area contributed by atoms with Crippen LogP contribution in [0.5, 0.6) is 0 Å². The standard InChI is InChI=1S/C8H10O/c1-6-3-8(5-9)4-7(6)2/h3-6H,1-2H3. The molecule has 1 unspecified atom stereocenters. The Balaban J connectivity index is 2.82. The van der Waals surface area contributed by atoms with Crippen molar-refractivity contribution in [1.82, 2.24) is 0 Å². The van der Waals surface area contributed by atoms with Crippen molar-refractivity contribution in [2.24, 2.45) is 5.92 Å². The Kier molecular flexibility index (Phi) is 1.52. The maximum atomic E-state index is 10.2. The van der Waals surface area contributed by atoms with E-state index in [1.165, 1.54) is 5.57 Å². The number of hydrogen-bond donors (Lipinski definition) is 0. The number of aldehydes is 1. The smallest absolute Gasteiger partial charge is 0.149 e. The molecule has 0 N–H and O–H groups in total. The first-order chi connectivity index (χ1) is 4.24. The van der Waals surface area contributed by atoms with E-state index in [0.29, 0.717) is 5.92 Å². The molecule has 0 aromatic carbocycles. The van der Waals surface area contributed by atoms with Gasteiger partial charge in [0, 0.05) is 5.57 Å². The third-order valence-electron chi connectivity index (χ3n) is 1.69. The van der Waals surface area contributed by atoms with Crippen molar-refractivity contribution < 1.29 is 4.79 Å². The summed E-state index contributed by atoms with van der Waals surface area (Å²) in [6.45, 7) is 4.12. The minimum absolute atomic E-state index is 0.463. The molecule has 1 aliphatic carbocycles. The van der Waals surface area contributed by atoms with Crippen molar-refractivity contribution in [3.8, 4) is 0 Å². The SMILES string of the molecule is CC1=CC(C=O)=CC1C. The summed E-state index contributed by atoms with van der Waals surface area (Å²) in [6, 6.07) is 0. The van der Waals surface area contributed by atoms with E-state index in [-0.39, 0.29) is 0 Å². The Morgan fingerprint density at radius 1 is 1.67 bits per heavy atom. The first-order valence-corrected chi connectivity index (χ1v) is 3.09. The summed E-state index contributed by atoms with van der Waals surface area (Å²) < 4.78 is 0. The fourth-order valence-corrected chi connectivity index (χ4v) is 0.936. The highest BCUT2D eigenvalue weighted by atomic mass is 16.1. The summed E-state index contributed by atoms with van der Waals surface area (Å²) in [5, 5.41) is 0. The number of rotatable bonds is 1. The van der Waals surface area contributed by atoms with Gasteiger partial charge in [0.25, 0.3) is 0 Å². The molecule has 1 aliphatic rings. The molecule has 1 rings (SSSR count). The zero-order valence-corrected chi connectivity index (χ0v) is 5.72. The van der Waals surface area contributed by atoms with Crippen LogP contribution in [0.25, 0.3) is 0 Å². The van der Waals surface area contributed by atoms with Gasteiger partial charge in [-0.15, -0.1) is 0 Å². The number of hydrogen-bond acceptors (Lipinski definition) is 1. The zero-order valence-electron chi connectivity index (χ0n) is 5.72. The van der Waals surface area contributed by atoms with E-state index in [4.69, 9.17) is 0 Å². The molecule has 0 aromatic heterocycles. The van der Waals surface area contributed by atoms with Gasteiger partial charge < -0.3 is 0 Å². The Labute approximate surface area is 55.1 Å². The average Bonchev–Trinajstić information content (AvgIpc) is 2.13. The van der Waals surface area contributed by atoms with Gasteiger partial charge in [-0.25, -0.2) is 0 Å². The Morgan fingerprint density at radius 2 is 2.33 bits per heavy atom. The highest BCUT2D eigenvalue weighted by Crippen LogP contribution is 2.21. The summed E-state index contributed by atoms with van der Waals surface area (Å²) in [5.41, 5.74) is 2.09. The fraction of sp³-hybridized carbons (Fsp3) is 0.375. The van der Waals surface area contributed by atoms with Gasteiger partial charge in [-0.3, -0.25) is 4.79 Å². The van der Waals surface area contributed by atoms with Crippen molar-refractivity contribution in [3.63, 3.8) is 0 Å². The van der Waals surface area contributed by atoms with Gasteiger partial charge in [-0.2, -0.15) is 0 Å². The second-order valence-electron chi connectivity index (χ2n) is 2.46. The van der Waals surface area contributed by atoms with E-state index in [0.717, 1.165) is 11.9 Å². The minimum atomic E-state index is 0.463. The molecule has 0 saturated carbocycles. The second-order valence-corrected chi connectivity index (χ2v) is 2.46. The lowest BCUT2D eigenvalue weighted by Crippen LogP contribution is -1.83. The molecule has 0 aromatic rings. The van der Waals surface area contributed by atoms with Crippen LogP contribution >= 0.6 is 0 Å². The van der Waals surface area contributed by atoms with Crippen LogP contribution in [0.15, 0.2) is 23.3 Å². The monoisotopic (exact) mass is 122 g/mol. The first-order valence-electron chi connectivity index (χ1n) is 3.09. The molecule has 0 amide bonds. The van der Waals surface area contributed by atoms with Gasteiger partial charge in [0.15, 0.2) is 0 Å². The zero-order chi connectivity index (χ0) is 6.85. The predicted octanol–water partition coefficient (Wildman–Crippen LogP) is 1.71. The van der Waals surface area contributed by atoms with E-state index >= 15 is 0 Å². The van der Waals surface area contributed by atoms with Crippen LogP contribution in [0, 0.1) is 5.92 Å². The van der Waals surface area contributed by atoms with Crippen LogP contribution in [0.1, 0.15) is 13.8 Å². The van der Waals surface area contributed by atoms with Gasteiger partial charge in [-0.05, 0) is 12.8 Å². The Morgan fingerprint density at radius 3 is 2.56 bits per heavy atom. The number of carbonyl (C=O) groups excluding carboxylic acids is 1. The van der Waals surface area contributed by atoms with Gasteiger partial charge in [-0.1, -0.05) is 24.6 Å². The van der Waals surface area contributed by atoms with Crippen LogP contribution in [-0.2, 0) is 4.79 Å². The van der Waals surface area contributed by atoms with E-state index in [1.807, 2.05) is 19.1 Å².